The van der Waals surface area contributed by atoms with Crippen molar-refractivity contribution in [1.29, 1.82) is 0 Å². The minimum absolute atomic E-state index is 0.0631. The lowest BCUT2D eigenvalue weighted by molar-refractivity contribution is 0.173. The average Bonchev–Trinajstić information content (AvgIpc) is 2.46. The molecule has 21 heavy (non-hydrogen) atoms. The lowest BCUT2D eigenvalue weighted by atomic mass is 9.84. The van der Waals surface area contributed by atoms with Crippen LogP contribution in [0.2, 0.25) is 0 Å². The lowest BCUT2D eigenvalue weighted by Crippen LogP contribution is -2.45. The minimum Gasteiger partial charge on any atom is -0.388 e. The van der Waals surface area contributed by atoms with Crippen molar-refractivity contribution < 1.29 is 13.5 Å². The predicted molar refractivity (Wildman–Crippen MR) is 87.0 cm³/mol. The van der Waals surface area contributed by atoms with Gasteiger partial charge in [0.1, 0.15) is 0 Å². The molecule has 1 fully saturated rings. The highest BCUT2D eigenvalue weighted by atomic mass is 32.2. The van der Waals surface area contributed by atoms with E-state index < -0.39 is 16.1 Å². The number of aliphatic hydroxyl groups is 1. The van der Waals surface area contributed by atoms with Crippen LogP contribution >= 0.6 is 11.8 Å². The van der Waals surface area contributed by atoms with Crippen LogP contribution in [0.1, 0.15) is 44.3 Å². The van der Waals surface area contributed by atoms with E-state index in [0.717, 1.165) is 12.8 Å². The Kier molecular flexibility index (Phi) is 5.35. The second-order valence-electron chi connectivity index (χ2n) is 5.56. The molecule has 0 aromatic heterocycles. The first kappa shape index (κ1) is 16.8. The number of nitrogens with one attached hydrogen (secondary N) is 1. The van der Waals surface area contributed by atoms with Crippen LogP contribution in [0.15, 0.2) is 29.2 Å². The highest BCUT2D eigenvalue weighted by Crippen LogP contribution is 2.42. The van der Waals surface area contributed by atoms with Crippen molar-refractivity contribution in [2.75, 3.05) is 12.8 Å². The molecular formula is C15H23NO3S2. The van der Waals surface area contributed by atoms with Gasteiger partial charge in [0, 0.05) is 11.3 Å². The summed E-state index contributed by atoms with van der Waals surface area (Å²) in [5.74, 6) is 0. The molecule has 0 radical (unpaired) electrons. The second-order valence-corrected chi connectivity index (χ2v) is 8.60. The Labute approximate surface area is 131 Å². The number of hydrogen-bond acceptors (Lipinski definition) is 4. The van der Waals surface area contributed by atoms with E-state index in [1.165, 1.54) is 6.42 Å². The van der Waals surface area contributed by atoms with Crippen LogP contribution < -0.4 is 4.72 Å². The van der Waals surface area contributed by atoms with Gasteiger partial charge in [-0.1, -0.05) is 25.5 Å². The standard InChI is InChI=1S/C15H23NO3S2/c1-3-14(17)12-6-4-7-13(10-12)21(18,19)16-11-15(20-2)8-5-9-15/h4,6-7,10,14,16-17H,3,5,8-9,11H2,1-2H3. The number of aliphatic hydroxyl groups excluding tert-OH is 1. The number of benzene rings is 1. The van der Waals surface area contributed by atoms with E-state index in [1.807, 2.05) is 13.2 Å². The summed E-state index contributed by atoms with van der Waals surface area (Å²) in [6.07, 6.45) is 5.26. The van der Waals surface area contributed by atoms with Crippen LogP contribution in [-0.4, -0.2) is 31.1 Å². The Morgan fingerprint density at radius 1 is 1.43 bits per heavy atom. The van der Waals surface area contributed by atoms with E-state index in [9.17, 15) is 13.5 Å². The molecule has 4 nitrogen and oxygen atoms in total. The molecule has 6 heteroatoms. The zero-order chi connectivity index (χ0) is 15.5. The molecular weight excluding hydrogens is 306 g/mol. The monoisotopic (exact) mass is 329 g/mol. The first-order valence-corrected chi connectivity index (χ1v) is 9.96. The Morgan fingerprint density at radius 2 is 2.14 bits per heavy atom. The second kappa shape index (κ2) is 6.69. The van der Waals surface area contributed by atoms with E-state index in [-0.39, 0.29) is 9.64 Å². The lowest BCUT2D eigenvalue weighted by Gasteiger charge is -2.40. The van der Waals surface area contributed by atoms with Gasteiger partial charge in [0.15, 0.2) is 0 Å². The molecule has 0 amide bonds. The van der Waals surface area contributed by atoms with Crippen molar-refractivity contribution in [2.45, 2.75) is 48.4 Å². The predicted octanol–water partition coefficient (Wildman–Crippen LogP) is 2.69. The number of rotatable bonds is 7. The summed E-state index contributed by atoms with van der Waals surface area (Å²) >= 11 is 1.74. The number of sulfonamides is 1. The van der Waals surface area contributed by atoms with Crippen molar-refractivity contribution in [3.8, 4) is 0 Å². The summed E-state index contributed by atoms with van der Waals surface area (Å²) in [6.45, 7) is 2.33. The third-order valence-electron chi connectivity index (χ3n) is 4.22. The van der Waals surface area contributed by atoms with Gasteiger partial charge >= 0.3 is 0 Å². The largest absolute Gasteiger partial charge is 0.388 e. The van der Waals surface area contributed by atoms with Gasteiger partial charge in [0.2, 0.25) is 10.0 Å². The van der Waals surface area contributed by atoms with E-state index in [0.29, 0.717) is 18.5 Å². The van der Waals surface area contributed by atoms with Crippen LogP contribution in [-0.2, 0) is 10.0 Å². The SMILES string of the molecule is CCC(O)c1cccc(S(=O)(=O)NCC2(SC)CCC2)c1. The van der Waals surface area contributed by atoms with Crippen LogP contribution in [0.25, 0.3) is 0 Å². The van der Waals surface area contributed by atoms with Crippen LogP contribution in [0.3, 0.4) is 0 Å². The number of thioether (sulfide) groups is 1. The van der Waals surface area contributed by atoms with Crippen molar-refractivity contribution in [2.24, 2.45) is 0 Å². The van der Waals surface area contributed by atoms with Gasteiger partial charge in [-0.15, -0.1) is 0 Å². The molecule has 1 aliphatic carbocycles. The van der Waals surface area contributed by atoms with Gasteiger partial charge in [-0.2, -0.15) is 11.8 Å². The topological polar surface area (TPSA) is 66.4 Å². The Balaban J connectivity index is 2.12. The molecule has 2 N–H and O–H groups in total. The maximum Gasteiger partial charge on any atom is 0.240 e. The zero-order valence-corrected chi connectivity index (χ0v) is 14.1. The quantitative estimate of drug-likeness (QED) is 0.807. The molecule has 1 aromatic rings. The zero-order valence-electron chi connectivity index (χ0n) is 12.5. The van der Waals surface area contributed by atoms with Crippen molar-refractivity contribution in [1.82, 2.24) is 4.72 Å². The van der Waals surface area contributed by atoms with Gasteiger partial charge in [0.05, 0.1) is 11.0 Å². The van der Waals surface area contributed by atoms with Crippen LogP contribution in [0, 0.1) is 0 Å². The van der Waals surface area contributed by atoms with Gasteiger partial charge in [0.25, 0.3) is 0 Å². The van der Waals surface area contributed by atoms with Crippen molar-refractivity contribution in [3.63, 3.8) is 0 Å². The Bertz CT molecular complexity index is 577. The smallest absolute Gasteiger partial charge is 0.240 e. The van der Waals surface area contributed by atoms with Crippen LogP contribution in [0.4, 0.5) is 0 Å². The maximum atomic E-state index is 12.4. The van der Waals surface area contributed by atoms with E-state index in [2.05, 4.69) is 4.72 Å². The highest BCUT2D eigenvalue weighted by Gasteiger charge is 2.37. The Hall–Kier alpha value is -0.560. The summed E-state index contributed by atoms with van der Waals surface area (Å²) in [4.78, 5) is 0.225. The summed E-state index contributed by atoms with van der Waals surface area (Å²) in [5.41, 5.74) is 0.642. The maximum absolute atomic E-state index is 12.4. The Morgan fingerprint density at radius 3 is 2.67 bits per heavy atom. The van der Waals surface area contributed by atoms with E-state index in [1.54, 1.807) is 36.0 Å². The molecule has 1 saturated carbocycles. The summed E-state index contributed by atoms with van der Waals surface area (Å²) in [5, 5.41) is 9.85. The first-order chi connectivity index (χ1) is 9.92. The third-order valence-corrected chi connectivity index (χ3v) is 7.04. The van der Waals surface area contributed by atoms with Crippen molar-refractivity contribution in [3.05, 3.63) is 29.8 Å². The normalized spacial score (nSPS) is 19.0. The highest BCUT2D eigenvalue weighted by molar-refractivity contribution is 8.00. The molecule has 1 atom stereocenters. The van der Waals surface area contributed by atoms with Crippen LogP contribution in [0.5, 0.6) is 0 Å². The molecule has 0 spiro atoms. The average molecular weight is 329 g/mol. The molecule has 0 bridgehead atoms. The fraction of sp³-hybridized carbons (Fsp3) is 0.600. The molecule has 2 rings (SSSR count). The van der Waals surface area contributed by atoms with Gasteiger partial charge < -0.3 is 5.11 Å². The molecule has 118 valence electrons. The fourth-order valence-electron chi connectivity index (χ4n) is 2.46. The molecule has 1 unspecified atom stereocenters. The summed E-state index contributed by atoms with van der Waals surface area (Å²) in [6, 6.07) is 6.56. The fourth-order valence-corrected chi connectivity index (χ4v) is 4.65. The van der Waals surface area contributed by atoms with Gasteiger partial charge in [-0.3, -0.25) is 0 Å². The minimum atomic E-state index is -3.52. The molecule has 1 aliphatic rings. The van der Waals surface area contributed by atoms with Crippen molar-refractivity contribution >= 4 is 21.8 Å². The first-order valence-electron chi connectivity index (χ1n) is 7.25. The molecule has 1 aromatic carbocycles. The van der Waals surface area contributed by atoms with Gasteiger partial charge in [-0.05, 0) is 43.2 Å². The molecule has 0 heterocycles. The molecule has 0 aliphatic heterocycles. The molecule has 0 saturated heterocycles. The summed E-state index contributed by atoms with van der Waals surface area (Å²) in [7, 11) is -3.52. The number of hydrogen-bond donors (Lipinski definition) is 2. The van der Waals surface area contributed by atoms with Gasteiger partial charge in [-0.25, -0.2) is 13.1 Å². The third kappa shape index (κ3) is 3.80. The van der Waals surface area contributed by atoms with E-state index >= 15 is 0 Å². The van der Waals surface area contributed by atoms with E-state index in [4.69, 9.17) is 0 Å². The summed E-state index contributed by atoms with van der Waals surface area (Å²) < 4.78 is 27.6.